The second-order valence-electron chi connectivity index (χ2n) is 4.16. The van der Waals surface area contributed by atoms with Crippen LogP contribution in [0, 0.1) is 0 Å². The van der Waals surface area contributed by atoms with E-state index in [1.54, 1.807) is 42.5 Å². The maximum absolute atomic E-state index is 13.8. The first-order valence-electron chi connectivity index (χ1n) is 5.88. The van der Waals surface area contributed by atoms with E-state index in [4.69, 9.17) is 9.84 Å². The van der Waals surface area contributed by atoms with Gasteiger partial charge in [-0.05, 0) is 17.7 Å². The zero-order valence-electron chi connectivity index (χ0n) is 10.2. The van der Waals surface area contributed by atoms with Gasteiger partial charge in [-0.1, -0.05) is 42.5 Å². The Bertz CT molecular complexity index is 509. The minimum Gasteiger partial charge on any atom is -0.487 e. The Balaban J connectivity index is 2.01. The molecule has 0 aliphatic rings. The van der Waals surface area contributed by atoms with Gasteiger partial charge in [-0.15, -0.1) is 0 Å². The minimum absolute atomic E-state index is 0.0676. The molecule has 0 aliphatic heterocycles. The van der Waals surface area contributed by atoms with Crippen LogP contribution in [0.5, 0.6) is 5.75 Å². The van der Waals surface area contributed by atoms with Crippen LogP contribution in [0.1, 0.15) is 11.1 Å². The third-order valence-electron chi connectivity index (χ3n) is 2.72. The van der Waals surface area contributed by atoms with Gasteiger partial charge in [-0.3, -0.25) is 0 Å². The van der Waals surface area contributed by atoms with Gasteiger partial charge in [0.2, 0.25) is 0 Å². The highest BCUT2D eigenvalue weighted by Crippen LogP contribution is 2.28. The molecule has 19 heavy (non-hydrogen) atoms. The molecule has 2 aromatic rings. The fourth-order valence-corrected chi connectivity index (χ4v) is 1.63. The second kappa shape index (κ2) is 5.80. The molecule has 0 aromatic heterocycles. The van der Waals surface area contributed by atoms with Crippen LogP contribution < -0.4 is 4.74 Å². The zero-order valence-corrected chi connectivity index (χ0v) is 10.2. The summed E-state index contributed by atoms with van der Waals surface area (Å²) in [6.07, 6.45) is 0. The lowest BCUT2D eigenvalue weighted by Crippen LogP contribution is -2.23. The Kier molecular flexibility index (Phi) is 4.12. The van der Waals surface area contributed by atoms with Crippen LogP contribution >= 0.6 is 0 Å². The smallest absolute Gasteiger partial charge is 0.306 e. The van der Waals surface area contributed by atoms with Crippen LogP contribution in [-0.4, -0.2) is 11.7 Å². The van der Waals surface area contributed by atoms with Crippen molar-refractivity contribution in [1.82, 2.24) is 0 Å². The van der Waals surface area contributed by atoms with E-state index in [0.29, 0.717) is 11.3 Å². The predicted molar refractivity (Wildman–Crippen MR) is 68.2 cm³/mol. The number of hydrogen-bond acceptors (Lipinski definition) is 2. The molecule has 0 saturated heterocycles. The SMILES string of the molecule is OCc1ccc(OCC(F)(F)c2ccccc2)cc1. The normalized spacial score (nSPS) is 11.3. The van der Waals surface area contributed by atoms with Crippen molar-refractivity contribution in [3.63, 3.8) is 0 Å². The first-order valence-corrected chi connectivity index (χ1v) is 5.88. The van der Waals surface area contributed by atoms with Gasteiger partial charge >= 0.3 is 5.92 Å². The number of alkyl halides is 2. The standard InChI is InChI=1S/C15H14F2O2/c16-15(17,13-4-2-1-3-5-13)11-19-14-8-6-12(10-18)7-9-14/h1-9,18H,10-11H2. The molecule has 0 bridgehead atoms. The van der Waals surface area contributed by atoms with E-state index in [9.17, 15) is 8.78 Å². The van der Waals surface area contributed by atoms with E-state index in [-0.39, 0.29) is 12.2 Å². The molecular formula is C15H14F2O2. The van der Waals surface area contributed by atoms with Gasteiger partial charge < -0.3 is 9.84 Å². The molecule has 0 heterocycles. The van der Waals surface area contributed by atoms with Crippen molar-refractivity contribution in [3.05, 3.63) is 65.7 Å². The predicted octanol–water partition coefficient (Wildman–Crippen LogP) is 3.35. The highest BCUT2D eigenvalue weighted by molar-refractivity contribution is 5.27. The molecule has 0 fully saturated rings. The average Bonchev–Trinajstić information content (AvgIpc) is 2.47. The molecule has 0 atom stereocenters. The summed E-state index contributed by atoms with van der Waals surface area (Å²) in [5.41, 5.74) is 0.643. The van der Waals surface area contributed by atoms with Crippen molar-refractivity contribution in [2.24, 2.45) is 0 Å². The minimum atomic E-state index is -3.03. The summed E-state index contributed by atoms with van der Waals surface area (Å²) >= 11 is 0. The summed E-state index contributed by atoms with van der Waals surface area (Å²) in [6.45, 7) is -0.796. The van der Waals surface area contributed by atoms with E-state index in [2.05, 4.69) is 0 Å². The maximum Gasteiger partial charge on any atom is 0.306 e. The van der Waals surface area contributed by atoms with E-state index in [0.717, 1.165) is 0 Å². The lowest BCUT2D eigenvalue weighted by Gasteiger charge is -2.17. The summed E-state index contributed by atoms with van der Waals surface area (Å²) in [6, 6.07) is 14.0. The molecule has 0 saturated carbocycles. The van der Waals surface area contributed by atoms with Gasteiger partial charge in [0.05, 0.1) is 6.61 Å². The van der Waals surface area contributed by atoms with Crippen molar-refractivity contribution in [2.45, 2.75) is 12.5 Å². The molecule has 2 rings (SSSR count). The third kappa shape index (κ3) is 3.51. The molecule has 2 nitrogen and oxygen atoms in total. The molecule has 2 aromatic carbocycles. The monoisotopic (exact) mass is 264 g/mol. The van der Waals surface area contributed by atoms with Gasteiger partial charge in [-0.2, -0.15) is 8.78 Å². The molecule has 0 amide bonds. The zero-order chi connectivity index (χ0) is 13.7. The molecule has 0 spiro atoms. The first-order chi connectivity index (χ1) is 9.12. The Morgan fingerprint density at radius 1 is 0.947 bits per heavy atom. The maximum atomic E-state index is 13.8. The molecule has 0 unspecified atom stereocenters. The lowest BCUT2D eigenvalue weighted by molar-refractivity contribution is -0.0467. The number of aliphatic hydroxyl groups is 1. The average molecular weight is 264 g/mol. The Hall–Kier alpha value is -1.94. The Morgan fingerprint density at radius 2 is 1.58 bits per heavy atom. The van der Waals surface area contributed by atoms with Crippen LogP contribution in [-0.2, 0) is 12.5 Å². The van der Waals surface area contributed by atoms with E-state index in [1.807, 2.05) is 0 Å². The van der Waals surface area contributed by atoms with Gasteiger partial charge in [-0.25, -0.2) is 0 Å². The fourth-order valence-electron chi connectivity index (χ4n) is 1.63. The highest BCUT2D eigenvalue weighted by Gasteiger charge is 2.32. The van der Waals surface area contributed by atoms with Crippen molar-refractivity contribution in [2.75, 3.05) is 6.61 Å². The van der Waals surface area contributed by atoms with E-state index in [1.165, 1.54) is 12.1 Å². The van der Waals surface area contributed by atoms with Crippen LogP contribution in [0.4, 0.5) is 8.78 Å². The van der Waals surface area contributed by atoms with Crippen LogP contribution in [0.2, 0.25) is 0 Å². The van der Waals surface area contributed by atoms with Crippen molar-refractivity contribution in [3.8, 4) is 5.75 Å². The molecule has 4 heteroatoms. The molecule has 0 radical (unpaired) electrons. The molecule has 1 N–H and O–H groups in total. The number of hydrogen-bond donors (Lipinski definition) is 1. The second-order valence-corrected chi connectivity index (χ2v) is 4.16. The molecule has 0 aliphatic carbocycles. The number of aliphatic hydroxyl groups excluding tert-OH is 1. The highest BCUT2D eigenvalue weighted by atomic mass is 19.3. The number of benzene rings is 2. The van der Waals surface area contributed by atoms with Crippen LogP contribution in [0.15, 0.2) is 54.6 Å². The fraction of sp³-hybridized carbons (Fsp3) is 0.200. The topological polar surface area (TPSA) is 29.5 Å². The van der Waals surface area contributed by atoms with Gasteiger partial charge in [0.1, 0.15) is 5.75 Å². The van der Waals surface area contributed by atoms with Crippen LogP contribution in [0.3, 0.4) is 0 Å². The van der Waals surface area contributed by atoms with Gasteiger partial charge in [0.25, 0.3) is 0 Å². The molecular weight excluding hydrogens is 250 g/mol. The van der Waals surface area contributed by atoms with Crippen molar-refractivity contribution < 1.29 is 18.6 Å². The number of halogens is 2. The summed E-state index contributed by atoms with van der Waals surface area (Å²) in [7, 11) is 0. The summed E-state index contributed by atoms with van der Waals surface area (Å²) < 4.78 is 32.7. The van der Waals surface area contributed by atoms with Crippen LogP contribution in [0.25, 0.3) is 0 Å². The summed E-state index contributed by atoms with van der Waals surface area (Å²) in [5, 5.41) is 8.88. The number of ether oxygens (including phenoxy) is 1. The lowest BCUT2D eigenvalue weighted by atomic mass is 10.1. The first kappa shape index (κ1) is 13.5. The van der Waals surface area contributed by atoms with Gasteiger partial charge in [0, 0.05) is 5.56 Å². The third-order valence-corrected chi connectivity index (χ3v) is 2.72. The van der Waals surface area contributed by atoms with Gasteiger partial charge in [0.15, 0.2) is 6.61 Å². The van der Waals surface area contributed by atoms with E-state index >= 15 is 0 Å². The van der Waals surface area contributed by atoms with Crippen molar-refractivity contribution >= 4 is 0 Å². The van der Waals surface area contributed by atoms with E-state index < -0.39 is 12.5 Å². The summed E-state index contributed by atoms with van der Waals surface area (Å²) in [5.74, 6) is -2.68. The summed E-state index contributed by atoms with van der Waals surface area (Å²) in [4.78, 5) is 0. The largest absolute Gasteiger partial charge is 0.487 e. The molecule has 100 valence electrons. The quantitative estimate of drug-likeness (QED) is 0.897. The number of rotatable bonds is 5. The Morgan fingerprint density at radius 3 is 2.16 bits per heavy atom. The Labute approximate surface area is 110 Å². The van der Waals surface area contributed by atoms with Crippen molar-refractivity contribution in [1.29, 1.82) is 0 Å².